The van der Waals surface area contributed by atoms with Gasteiger partial charge in [0.1, 0.15) is 5.75 Å². The molecule has 4 aromatic rings. The predicted octanol–water partition coefficient (Wildman–Crippen LogP) is 7.02. The lowest BCUT2D eigenvalue weighted by atomic mass is 9.89. The highest BCUT2D eigenvalue weighted by Gasteiger charge is 2.15. The van der Waals surface area contributed by atoms with Gasteiger partial charge in [-0.1, -0.05) is 74.0 Å². The third kappa shape index (κ3) is 2.84. The second-order valence-electron chi connectivity index (χ2n) is 7.10. The molecule has 0 aliphatic heterocycles. The molecule has 0 aromatic heterocycles. The van der Waals surface area contributed by atoms with Crippen LogP contribution in [0.2, 0.25) is 0 Å². The second kappa shape index (κ2) is 6.84. The van der Waals surface area contributed by atoms with Gasteiger partial charge in [-0.3, -0.25) is 0 Å². The first-order valence-electron chi connectivity index (χ1n) is 9.42. The van der Waals surface area contributed by atoms with E-state index in [2.05, 4.69) is 68.4 Å². The number of phenolic OH excluding ortho intramolecular Hbond substituents is 1. The van der Waals surface area contributed by atoms with Gasteiger partial charge >= 0.3 is 0 Å². The van der Waals surface area contributed by atoms with E-state index in [4.69, 9.17) is 0 Å². The Morgan fingerprint density at radius 3 is 2.38 bits per heavy atom. The van der Waals surface area contributed by atoms with Crippen LogP contribution in [0.3, 0.4) is 0 Å². The first kappa shape index (κ1) is 16.7. The maximum absolute atomic E-state index is 10.8. The predicted molar refractivity (Wildman–Crippen MR) is 112 cm³/mol. The fourth-order valence-electron chi connectivity index (χ4n) is 3.88. The van der Waals surface area contributed by atoms with Crippen LogP contribution in [-0.4, -0.2) is 5.11 Å². The minimum atomic E-state index is 0.346. The number of benzene rings is 4. The van der Waals surface area contributed by atoms with Crippen LogP contribution in [0.5, 0.6) is 5.75 Å². The molecule has 0 spiro atoms. The van der Waals surface area contributed by atoms with Gasteiger partial charge in [0.15, 0.2) is 0 Å². The monoisotopic (exact) mass is 340 g/mol. The average Bonchev–Trinajstić information content (AvgIpc) is 2.67. The molecule has 0 saturated carbocycles. The molecule has 0 aliphatic rings. The van der Waals surface area contributed by atoms with Crippen LogP contribution in [0.15, 0.2) is 66.7 Å². The van der Waals surface area contributed by atoms with Gasteiger partial charge in [-0.25, -0.2) is 0 Å². The van der Waals surface area contributed by atoms with E-state index < -0.39 is 0 Å². The smallest absolute Gasteiger partial charge is 0.124 e. The van der Waals surface area contributed by atoms with E-state index in [9.17, 15) is 5.11 Å². The van der Waals surface area contributed by atoms with Gasteiger partial charge in [-0.2, -0.15) is 0 Å². The van der Waals surface area contributed by atoms with Crippen molar-refractivity contribution in [3.05, 3.63) is 77.9 Å². The van der Waals surface area contributed by atoms with E-state index in [1.54, 1.807) is 0 Å². The fraction of sp³-hybridized carbons (Fsp3) is 0.200. The van der Waals surface area contributed by atoms with Crippen LogP contribution in [0, 0.1) is 6.92 Å². The third-order valence-electron chi connectivity index (χ3n) is 5.27. The van der Waals surface area contributed by atoms with Crippen molar-refractivity contribution in [2.75, 3.05) is 0 Å². The largest absolute Gasteiger partial charge is 0.507 e. The van der Waals surface area contributed by atoms with E-state index in [1.807, 2.05) is 12.1 Å². The van der Waals surface area contributed by atoms with Crippen LogP contribution < -0.4 is 0 Å². The van der Waals surface area contributed by atoms with Crippen molar-refractivity contribution in [3.63, 3.8) is 0 Å². The summed E-state index contributed by atoms with van der Waals surface area (Å²) in [6.07, 6.45) is 3.52. The van der Waals surface area contributed by atoms with Crippen molar-refractivity contribution < 1.29 is 5.11 Å². The second-order valence-corrected chi connectivity index (χ2v) is 7.10. The summed E-state index contributed by atoms with van der Waals surface area (Å²) in [5.74, 6) is 0.346. The Labute approximate surface area is 154 Å². The van der Waals surface area contributed by atoms with Crippen molar-refractivity contribution in [3.8, 4) is 16.9 Å². The lowest BCUT2D eigenvalue weighted by Gasteiger charge is -2.15. The summed E-state index contributed by atoms with van der Waals surface area (Å²) in [5.41, 5.74) is 4.62. The number of phenols is 1. The van der Waals surface area contributed by atoms with Crippen LogP contribution in [0.25, 0.3) is 32.7 Å². The molecule has 0 unspecified atom stereocenters. The molecule has 0 atom stereocenters. The molecule has 0 saturated heterocycles. The number of aromatic hydroxyl groups is 1. The zero-order valence-electron chi connectivity index (χ0n) is 15.4. The van der Waals surface area contributed by atoms with E-state index in [-0.39, 0.29) is 0 Å². The van der Waals surface area contributed by atoms with E-state index >= 15 is 0 Å². The minimum Gasteiger partial charge on any atom is -0.507 e. The maximum atomic E-state index is 10.8. The molecular formula is C25H24O. The zero-order chi connectivity index (χ0) is 18.1. The number of fused-ring (bicyclic) bond motifs is 2. The molecule has 1 N–H and O–H groups in total. The Kier molecular flexibility index (Phi) is 4.38. The molecule has 0 amide bonds. The maximum Gasteiger partial charge on any atom is 0.124 e. The molecule has 1 heteroatoms. The summed E-state index contributed by atoms with van der Waals surface area (Å²) in [4.78, 5) is 0. The van der Waals surface area contributed by atoms with Gasteiger partial charge in [0.05, 0.1) is 0 Å². The minimum absolute atomic E-state index is 0.346. The van der Waals surface area contributed by atoms with Gasteiger partial charge in [-0.15, -0.1) is 0 Å². The van der Waals surface area contributed by atoms with Gasteiger partial charge in [0.25, 0.3) is 0 Å². The molecule has 0 bridgehead atoms. The molecule has 1 nitrogen and oxygen atoms in total. The van der Waals surface area contributed by atoms with Crippen LogP contribution in [0.1, 0.15) is 30.9 Å². The topological polar surface area (TPSA) is 20.2 Å². The molecule has 0 heterocycles. The molecular weight excluding hydrogens is 316 g/mol. The number of unbranched alkanes of at least 4 members (excludes halogenated alkanes) is 1. The fourth-order valence-corrected chi connectivity index (χ4v) is 3.88. The summed E-state index contributed by atoms with van der Waals surface area (Å²) in [6, 6.07) is 23.2. The SMILES string of the molecule is CCCCc1ccc2c(-c3c(C)ccc4ccccc34)c(O)ccc2c1. The van der Waals surface area contributed by atoms with Crippen LogP contribution in [0.4, 0.5) is 0 Å². The molecule has 0 radical (unpaired) electrons. The Morgan fingerprint density at radius 2 is 1.54 bits per heavy atom. The quantitative estimate of drug-likeness (QED) is 0.423. The standard InChI is InChI=1S/C25H24O/c1-3-4-7-18-11-14-22-20(16-18)13-15-23(26)25(22)24-17(2)10-12-19-8-5-6-9-21(19)24/h5-6,8-16,26H,3-4,7H2,1-2H3. The highest BCUT2D eigenvalue weighted by atomic mass is 16.3. The Hall–Kier alpha value is -2.80. The first-order chi connectivity index (χ1) is 12.7. The Morgan fingerprint density at radius 1 is 0.769 bits per heavy atom. The van der Waals surface area contributed by atoms with Crippen LogP contribution >= 0.6 is 0 Å². The highest BCUT2D eigenvalue weighted by Crippen LogP contribution is 2.41. The molecule has 26 heavy (non-hydrogen) atoms. The molecule has 4 rings (SSSR count). The van der Waals surface area contributed by atoms with E-state index in [0.29, 0.717) is 5.75 Å². The number of hydrogen-bond donors (Lipinski definition) is 1. The lowest BCUT2D eigenvalue weighted by molar-refractivity contribution is 0.478. The lowest BCUT2D eigenvalue weighted by Crippen LogP contribution is -1.91. The third-order valence-corrected chi connectivity index (χ3v) is 5.27. The van der Waals surface area contributed by atoms with Crippen LogP contribution in [-0.2, 0) is 6.42 Å². The van der Waals surface area contributed by atoms with Crippen molar-refractivity contribution in [2.24, 2.45) is 0 Å². The average molecular weight is 340 g/mol. The summed E-state index contributed by atoms with van der Waals surface area (Å²) in [6.45, 7) is 4.34. The summed E-state index contributed by atoms with van der Waals surface area (Å²) in [7, 11) is 0. The molecule has 130 valence electrons. The Balaban J connectivity index is 2.00. The van der Waals surface area contributed by atoms with Crippen molar-refractivity contribution in [1.82, 2.24) is 0 Å². The normalized spacial score (nSPS) is 11.3. The summed E-state index contributed by atoms with van der Waals surface area (Å²) < 4.78 is 0. The molecule has 0 fully saturated rings. The summed E-state index contributed by atoms with van der Waals surface area (Å²) >= 11 is 0. The molecule has 0 aliphatic carbocycles. The number of hydrogen-bond acceptors (Lipinski definition) is 1. The number of rotatable bonds is 4. The van der Waals surface area contributed by atoms with Crippen molar-refractivity contribution >= 4 is 21.5 Å². The van der Waals surface area contributed by atoms with Gasteiger partial charge < -0.3 is 5.11 Å². The zero-order valence-corrected chi connectivity index (χ0v) is 15.4. The van der Waals surface area contributed by atoms with Crippen molar-refractivity contribution in [1.29, 1.82) is 0 Å². The van der Waals surface area contributed by atoms with Crippen molar-refractivity contribution in [2.45, 2.75) is 33.1 Å². The summed E-state index contributed by atoms with van der Waals surface area (Å²) in [5, 5.41) is 15.4. The Bertz CT molecular complexity index is 1090. The van der Waals surface area contributed by atoms with E-state index in [1.165, 1.54) is 40.1 Å². The first-order valence-corrected chi connectivity index (χ1v) is 9.42. The highest BCUT2D eigenvalue weighted by molar-refractivity contribution is 6.08. The van der Waals surface area contributed by atoms with Gasteiger partial charge in [-0.05, 0) is 64.1 Å². The number of aryl methyl sites for hydroxylation is 2. The molecule has 4 aromatic carbocycles. The van der Waals surface area contributed by atoms with Gasteiger partial charge in [0.2, 0.25) is 0 Å². The van der Waals surface area contributed by atoms with E-state index in [0.717, 1.165) is 22.9 Å². The van der Waals surface area contributed by atoms with Gasteiger partial charge in [0, 0.05) is 5.56 Å².